The van der Waals surface area contributed by atoms with E-state index in [9.17, 15) is 19.0 Å². The van der Waals surface area contributed by atoms with E-state index in [1.54, 1.807) is 0 Å². The summed E-state index contributed by atoms with van der Waals surface area (Å²) in [6.45, 7) is 4.29. The van der Waals surface area contributed by atoms with E-state index in [0.29, 0.717) is 17.4 Å². The van der Waals surface area contributed by atoms with Crippen LogP contribution >= 0.6 is 7.82 Å². The molecule has 2 unspecified atom stereocenters. The predicted molar refractivity (Wildman–Crippen MR) is 380 cm³/mol. The Bertz CT molecular complexity index is 2000. The maximum absolute atomic E-state index is 12.9. The second kappa shape index (κ2) is 67.3. The average Bonchev–Trinajstić information content (AvgIpc) is 3.68. The van der Waals surface area contributed by atoms with Crippen molar-refractivity contribution in [3.63, 3.8) is 0 Å². The Morgan fingerprint density at radius 2 is 0.648 bits per heavy atom. The van der Waals surface area contributed by atoms with Crippen LogP contribution in [0.25, 0.3) is 0 Å². The minimum Gasteiger partial charge on any atom is -0.462 e. The van der Waals surface area contributed by atoms with Gasteiger partial charge in [0.1, 0.15) is 19.8 Å². The van der Waals surface area contributed by atoms with Crippen molar-refractivity contribution in [3.8, 4) is 0 Å². The van der Waals surface area contributed by atoms with Crippen molar-refractivity contribution in [2.75, 3.05) is 47.5 Å². The third kappa shape index (κ3) is 71.0. The number of hydrogen-bond acceptors (Lipinski definition) is 7. The molecule has 502 valence electrons. The van der Waals surface area contributed by atoms with Crippen LogP contribution in [0.1, 0.15) is 284 Å². The zero-order valence-corrected chi connectivity index (χ0v) is 58.1. The number of phosphoric ester groups is 1. The van der Waals surface area contributed by atoms with Crippen molar-refractivity contribution in [2.24, 2.45) is 0 Å². The molecule has 0 aliphatic heterocycles. The van der Waals surface area contributed by atoms with Crippen LogP contribution in [0.3, 0.4) is 0 Å². The smallest absolute Gasteiger partial charge is 0.462 e. The van der Waals surface area contributed by atoms with E-state index in [1.165, 1.54) is 141 Å². The van der Waals surface area contributed by atoms with E-state index in [-0.39, 0.29) is 32.0 Å². The number of nitrogens with zero attached hydrogens (tertiary/aromatic N) is 1. The molecule has 2 atom stereocenters. The van der Waals surface area contributed by atoms with Crippen LogP contribution in [-0.4, -0.2) is 74.9 Å². The van der Waals surface area contributed by atoms with Crippen molar-refractivity contribution in [1.82, 2.24) is 0 Å². The second-order valence-electron chi connectivity index (χ2n) is 24.5. The van der Waals surface area contributed by atoms with E-state index < -0.39 is 26.5 Å². The first-order valence-electron chi connectivity index (χ1n) is 35.6. The molecular weight excluding hydrogens is 1110 g/mol. The summed E-state index contributed by atoms with van der Waals surface area (Å²) in [6.07, 6.45) is 99.6. The molecule has 0 aliphatic rings. The highest BCUT2D eigenvalue weighted by Gasteiger charge is 2.27. The molecule has 0 radical (unpaired) electrons. The van der Waals surface area contributed by atoms with Crippen LogP contribution in [0.5, 0.6) is 0 Å². The number of esters is 2. The lowest BCUT2D eigenvalue weighted by molar-refractivity contribution is -0.870. The number of quaternary nitrogens is 1. The summed E-state index contributed by atoms with van der Waals surface area (Å²) < 4.78 is 34.6. The molecule has 0 saturated carbocycles. The number of carbonyl (C=O) groups excluding carboxylic acids is 2. The molecule has 0 aromatic carbocycles. The van der Waals surface area contributed by atoms with Gasteiger partial charge in [0.15, 0.2) is 6.10 Å². The maximum atomic E-state index is 12.9. The summed E-state index contributed by atoms with van der Waals surface area (Å²) in [6, 6.07) is 0. The Morgan fingerprint density at radius 1 is 0.364 bits per heavy atom. The molecule has 0 spiro atoms. The minimum atomic E-state index is -4.41. The third-order valence-electron chi connectivity index (χ3n) is 14.9. The lowest BCUT2D eigenvalue weighted by Gasteiger charge is -2.24. The Labute approximate surface area is 542 Å². The van der Waals surface area contributed by atoms with Gasteiger partial charge >= 0.3 is 19.8 Å². The molecule has 0 aliphatic carbocycles. The zero-order valence-electron chi connectivity index (χ0n) is 57.2. The van der Waals surface area contributed by atoms with Crippen LogP contribution in [0.2, 0.25) is 0 Å². The van der Waals surface area contributed by atoms with Crippen LogP contribution in [0, 0.1) is 0 Å². The molecule has 0 heterocycles. The molecule has 10 heteroatoms. The fraction of sp³-hybridized carbons (Fsp3) is 0.667. The molecule has 0 amide bonds. The standard InChI is InChI=1S/C78H132NO8P/c1-6-8-10-12-14-16-18-20-22-24-26-28-30-32-33-34-35-36-37-38-39-40-41-42-43-44-45-47-49-51-53-55-57-59-61-63-65-67-69-71-78(81)87-76(75-86-88(82,83)85-73-72-79(3,4)5)74-84-77(80)70-68-66-64-62-60-58-56-54-52-50-48-46-31-29-27-25-23-21-19-17-15-13-11-9-7-2/h8,10,14,16,20,22,26,28,32-33,35-36,38-39,41-42,44-45,49,51,55,57,61,63,76H,6-7,9,11-13,15,17-19,21,23-25,27,29-31,34,37,40,43,46-48,50,52-54,56,58-60,62,64-75H2,1-5H3/p+1/b10-8-,16-14-,22-20-,28-26-,33-32-,36-35-,39-38-,42-41-,45-44-,51-49-,57-55-,63-61-. The minimum absolute atomic E-state index is 0.0171. The molecule has 88 heavy (non-hydrogen) atoms. The molecular formula is C78H133NO8P+. The van der Waals surface area contributed by atoms with Crippen molar-refractivity contribution >= 4 is 19.8 Å². The summed E-state index contributed by atoms with van der Waals surface area (Å²) in [4.78, 5) is 35.8. The first-order chi connectivity index (χ1) is 43.0. The number of hydrogen-bond donors (Lipinski definition) is 1. The monoisotopic (exact) mass is 1240 g/mol. The number of likely N-dealkylation sites (N-methyl/N-ethyl adjacent to an activating group) is 1. The van der Waals surface area contributed by atoms with Gasteiger partial charge in [0.2, 0.25) is 0 Å². The van der Waals surface area contributed by atoms with Crippen molar-refractivity contribution in [3.05, 3.63) is 146 Å². The highest BCUT2D eigenvalue weighted by Crippen LogP contribution is 2.43. The van der Waals surface area contributed by atoms with Gasteiger partial charge in [-0.25, -0.2) is 4.57 Å². The lowest BCUT2D eigenvalue weighted by Crippen LogP contribution is -2.37. The van der Waals surface area contributed by atoms with Gasteiger partial charge in [-0.1, -0.05) is 314 Å². The van der Waals surface area contributed by atoms with Crippen LogP contribution < -0.4 is 0 Å². The van der Waals surface area contributed by atoms with Gasteiger partial charge in [-0.2, -0.15) is 0 Å². The summed E-state index contributed by atoms with van der Waals surface area (Å²) in [5.74, 6) is -0.848. The Hall–Kier alpha value is -4.11. The highest BCUT2D eigenvalue weighted by molar-refractivity contribution is 7.47. The van der Waals surface area contributed by atoms with Crippen LogP contribution in [-0.2, 0) is 32.7 Å². The summed E-state index contributed by atoms with van der Waals surface area (Å²) in [7, 11) is 1.44. The molecule has 0 saturated heterocycles. The molecule has 0 rings (SSSR count). The SMILES string of the molecule is CC/C=C\C/C=C\C/C=C\C/C=C\C/C=C\C/C=C\C/C=C\C/C=C\C/C=C\C/C=C\C/C=C\C/C=C\CCCCC(=O)OC(COC(=O)CCCCCCCCCCCCCCCCCCCCCCCCCCC)COP(=O)(O)OCC[N+](C)(C)C. The number of ether oxygens (including phenoxy) is 2. The second-order valence-corrected chi connectivity index (χ2v) is 26.0. The van der Waals surface area contributed by atoms with Gasteiger partial charge in [0, 0.05) is 12.8 Å². The number of carbonyl (C=O) groups is 2. The summed E-state index contributed by atoms with van der Waals surface area (Å²) in [5, 5.41) is 0. The molecule has 0 aromatic heterocycles. The molecule has 0 bridgehead atoms. The lowest BCUT2D eigenvalue weighted by atomic mass is 10.0. The third-order valence-corrected chi connectivity index (χ3v) is 15.9. The van der Waals surface area contributed by atoms with Gasteiger partial charge in [0.05, 0.1) is 27.7 Å². The molecule has 0 fully saturated rings. The van der Waals surface area contributed by atoms with Crippen molar-refractivity contribution in [1.29, 1.82) is 0 Å². The number of allylic oxidation sites excluding steroid dienone is 24. The van der Waals surface area contributed by atoms with Crippen molar-refractivity contribution in [2.45, 2.75) is 290 Å². The molecule has 0 aromatic rings. The Balaban J connectivity index is 4.19. The summed E-state index contributed by atoms with van der Waals surface area (Å²) >= 11 is 0. The quantitative estimate of drug-likeness (QED) is 0.0211. The Kier molecular flexibility index (Phi) is 64.1. The number of phosphoric acid groups is 1. The number of rotatable bonds is 64. The highest BCUT2D eigenvalue weighted by atomic mass is 31.2. The van der Waals surface area contributed by atoms with E-state index in [2.05, 4.69) is 160 Å². The van der Waals surface area contributed by atoms with Crippen LogP contribution in [0.15, 0.2) is 146 Å². The topological polar surface area (TPSA) is 108 Å². The zero-order chi connectivity index (χ0) is 64.1. The molecule has 9 nitrogen and oxygen atoms in total. The van der Waals surface area contributed by atoms with E-state index >= 15 is 0 Å². The first-order valence-corrected chi connectivity index (χ1v) is 37.1. The first kappa shape index (κ1) is 83.9. The van der Waals surface area contributed by atoms with E-state index in [4.69, 9.17) is 18.5 Å². The van der Waals surface area contributed by atoms with Gasteiger partial charge in [-0.3, -0.25) is 18.6 Å². The largest absolute Gasteiger partial charge is 0.472 e. The van der Waals surface area contributed by atoms with Crippen LogP contribution in [0.4, 0.5) is 0 Å². The summed E-state index contributed by atoms with van der Waals surface area (Å²) in [5.41, 5.74) is 0. The predicted octanol–water partition coefficient (Wildman–Crippen LogP) is 23.4. The average molecular weight is 1240 g/mol. The van der Waals surface area contributed by atoms with E-state index in [0.717, 1.165) is 109 Å². The van der Waals surface area contributed by atoms with E-state index in [1.807, 2.05) is 21.1 Å². The van der Waals surface area contributed by atoms with Gasteiger partial charge in [0.25, 0.3) is 0 Å². The maximum Gasteiger partial charge on any atom is 0.472 e. The normalized spacial score (nSPS) is 14.0. The van der Waals surface area contributed by atoms with Gasteiger partial charge < -0.3 is 18.9 Å². The van der Waals surface area contributed by atoms with Gasteiger partial charge in [-0.05, 0) is 103 Å². The van der Waals surface area contributed by atoms with Crippen molar-refractivity contribution < 1.29 is 42.1 Å². The molecule has 1 N–H and O–H groups in total. The Morgan fingerprint density at radius 3 is 0.966 bits per heavy atom. The number of unbranched alkanes of at least 4 members (excludes halogenated alkanes) is 26. The fourth-order valence-corrected chi connectivity index (χ4v) is 10.2. The fourth-order valence-electron chi connectivity index (χ4n) is 9.47. The van der Waals surface area contributed by atoms with Gasteiger partial charge in [-0.15, -0.1) is 0 Å².